The highest BCUT2D eigenvalue weighted by atomic mass is 35.5. The van der Waals surface area contributed by atoms with Gasteiger partial charge in [0.15, 0.2) is 0 Å². The van der Waals surface area contributed by atoms with Crippen molar-refractivity contribution in [1.29, 1.82) is 0 Å². The summed E-state index contributed by atoms with van der Waals surface area (Å²) in [5.74, 6) is 0.817. The Bertz CT molecular complexity index is 630. The molecule has 2 N–H and O–H groups in total. The molecule has 2 aromatic carbocycles. The van der Waals surface area contributed by atoms with E-state index in [-0.39, 0.29) is 0 Å². The van der Waals surface area contributed by atoms with Crippen LogP contribution in [0.5, 0.6) is 5.75 Å². The number of anilines is 2. The van der Waals surface area contributed by atoms with Gasteiger partial charge in [-0.05, 0) is 54.8 Å². The second-order valence-corrected chi connectivity index (χ2v) is 5.72. The largest absolute Gasteiger partial charge is 0.492 e. The van der Waals surface area contributed by atoms with E-state index in [1.807, 2.05) is 30.3 Å². The first-order chi connectivity index (χ1) is 10.2. The maximum absolute atomic E-state index is 5.95. The van der Waals surface area contributed by atoms with Crippen LogP contribution in [-0.2, 0) is 6.42 Å². The standard InChI is InChI=1S/C17H19ClN2O/c18-14-4-1-5-16(12-14)21-10-9-20-8-2-3-13-11-15(19)6-7-17(13)20/h1,4-7,11-12H,2-3,8-10,19H2. The second kappa shape index (κ2) is 6.27. The quantitative estimate of drug-likeness (QED) is 0.874. The minimum absolute atomic E-state index is 0.643. The van der Waals surface area contributed by atoms with E-state index >= 15 is 0 Å². The van der Waals surface area contributed by atoms with Crippen LogP contribution in [-0.4, -0.2) is 19.7 Å². The number of rotatable bonds is 4. The average Bonchev–Trinajstić information content (AvgIpc) is 2.47. The molecule has 0 saturated heterocycles. The summed E-state index contributed by atoms with van der Waals surface area (Å²) in [6, 6.07) is 13.7. The number of nitrogens with two attached hydrogens (primary N) is 1. The van der Waals surface area contributed by atoms with E-state index in [1.165, 1.54) is 11.3 Å². The molecule has 1 aliphatic heterocycles. The lowest BCUT2D eigenvalue weighted by Crippen LogP contribution is -2.33. The SMILES string of the molecule is Nc1ccc2c(c1)CCCN2CCOc1cccc(Cl)c1. The number of ether oxygens (including phenoxy) is 1. The Morgan fingerprint density at radius 3 is 2.95 bits per heavy atom. The van der Waals surface area contributed by atoms with Gasteiger partial charge >= 0.3 is 0 Å². The maximum Gasteiger partial charge on any atom is 0.120 e. The number of hydrogen-bond donors (Lipinski definition) is 1. The molecule has 1 heterocycles. The van der Waals surface area contributed by atoms with Crippen LogP contribution in [0.1, 0.15) is 12.0 Å². The van der Waals surface area contributed by atoms with Gasteiger partial charge in [0.05, 0.1) is 6.54 Å². The highest BCUT2D eigenvalue weighted by Gasteiger charge is 2.16. The van der Waals surface area contributed by atoms with Crippen molar-refractivity contribution in [2.24, 2.45) is 0 Å². The summed E-state index contributed by atoms with van der Waals surface area (Å²) in [7, 11) is 0. The van der Waals surface area contributed by atoms with Crippen LogP contribution in [0.25, 0.3) is 0 Å². The Kier molecular flexibility index (Phi) is 4.20. The Balaban J connectivity index is 1.62. The van der Waals surface area contributed by atoms with E-state index in [1.54, 1.807) is 0 Å². The Hall–Kier alpha value is -1.87. The molecule has 0 fully saturated rings. The molecular weight excluding hydrogens is 284 g/mol. The zero-order chi connectivity index (χ0) is 14.7. The Labute approximate surface area is 130 Å². The smallest absolute Gasteiger partial charge is 0.120 e. The summed E-state index contributed by atoms with van der Waals surface area (Å²) in [4.78, 5) is 2.36. The summed E-state index contributed by atoms with van der Waals surface area (Å²) in [6.07, 6.45) is 2.26. The van der Waals surface area contributed by atoms with Gasteiger partial charge < -0.3 is 15.4 Å². The van der Waals surface area contributed by atoms with Crippen LogP contribution in [0.3, 0.4) is 0 Å². The number of benzene rings is 2. The van der Waals surface area contributed by atoms with Crippen molar-refractivity contribution in [3.8, 4) is 5.75 Å². The molecule has 1 aliphatic rings. The summed E-state index contributed by atoms with van der Waals surface area (Å²) < 4.78 is 5.78. The number of aryl methyl sites for hydroxylation is 1. The van der Waals surface area contributed by atoms with E-state index in [0.717, 1.165) is 37.4 Å². The van der Waals surface area contributed by atoms with Gasteiger partial charge in [0.25, 0.3) is 0 Å². The molecule has 0 radical (unpaired) electrons. The first-order valence-corrected chi connectivity index (χ1v) is 7.62. The van der Waals surface area contributed by atoms with Gasteiger partial charge in [-0.3, -0.25) is 0 Å². The molecule has 3 nitrogen and oxygen atoms in total. The minimum atomic E-state index is 0.643. The second-order valence-electron chi connectivity index (χ2n) is 5.28. The number of fused-ring (bicyclic) bond motifs is 1. The fourth-order valence-corrected chi connectivity index (χ4v) is 2.94. The van der Waals surface area contributed by atoms with E-state index in [4.69, 9.17) is 22.1 Å². The monoisotopic (exact) mass is 302 g/mol. The lowest BCUT2D eigenvalue weighted by atomic mass is 10.0. The molecule has 4 heteroatoms. The average molecular weight is 303 g/mol. The van der Waals surface area contributed by atoms with E-state index < -0.39 is 0 Å². The van der Waals surface area contributed by atoms with Crippen molar-refractivity contribution in [2.45, 2.75) is 12.8 Å². The van der Waals surface area contributed by atoms with Crippen molar-refractivity contribution < 1.29 is 4.74 Å². The topological polar surface area (TPSA) is 38.5 Å². The molecule has 3 rings (SSSR count). The number of halogens is 1. The fraction of sp³-hybridized carbons (Fsp3) is 0.294. The van der Waals surface area contributed by atoms with Crippen LogP contribution < -0.4 is 15.4 Å². The zero-order valence-electron chi connectivity index (χ0n) is 11.9. The molecule has 0 atom stereocenters. The predicted molar refractivity (Wildman–Crippen MR) is 88.3 cm³/mol. The van der Waals surface area contributed by atoms with Gasteiger partial charge in [-0.1, -0.05) is 17.7 Å². The van der Waals surface area contributed by atoms with Crippen molar-refractivity contribution in [3.63, 3.8) is 0 Å². The lowest BCUT2D eigenvalue weighted by molar-refractivity contribution is 0.322. The van der Waals surface area contributed by atoms with Gasteiger partial charge in [-0.25, -0.2) is 0 Å². The molecule has 2 aromatic rings. The van der Waals surface area contributed by atoms with Crippen molar-refractivity contribution in [2.75, 3.05) is 30.3 Å². The number of nitrogens with zero attached hydrogens (tertiary/aromatic N) is 1. The Morgan fingerprint density at radius 2 is 2.10 bits per heavy atom. The predicted octanol–water partition coefficient (Wildman–Crippen LogP) is 3.75. The zero-order valence-corrected chi connectivity index (χ0v) is 12.6. The third-order valence-electron chi connectivity index (χ3n) is 3.74. The fourth-order valence-electron chi connectivity index (χ4n) is 2.76. The number of nitrogen functional groups attached to an aromatic ring is 1. The van der Waals surface area contributed by atoms with Gasteiger partial charge in [-0.2, -0.15) is 0 Å². The van der Waals surface area contributed by atoms with Gasteiger partial charge in [0, 0.05) is 22.9 Å². The highest BCUT2D eigenvalue weighted by Crippen LogP contribution is 2.28. The molecule has 0 aliphatic carbocycles. The summed E-state index contributed by atoms with van der Waals surface area (Å²) in [5, 5.41) is 0.700. The van der Waals surface area contributed by atoms with Gasteiger partial charge in [0.1, 0.15) is 12.4 Å². The molecule has 21 heavy (non-hydrogen) atoms. The third-order valence-corrected chi connectivity index (χ3v) is 3.98. The minimum Gasteiger partial charge on any atom is -0.492 e. The number of hydrogen-bond acceptors (Lipinski definition) is 3. The van der Waals surface area contributed by atoms with Crippen LogP contribution in [0.2, 0.25) is 5.02 Å². The van der Waals surface area contributed by atoms with Crippen molar-refractivity contribution in [3.05, 3.63) is 53.1 Å². The van der Waals surface area contributed by atoms with Crippen LogP contribution in [0.15, 0.2) is 42.5 Å². The molecule has 0 amide bonds. The molecule has 0 saturated carbocycles. The lowest BCUT2D eigenvalue weighted by Gasteiger charge is -2.31. The molecule has 0 bridgehead atoms. The van der Waals surface area contributed by atoms with E-state index in [0.29, 0.717) is 11.6 Å². The van der Waals surface area contributed by atoms with Crippen molar-refractivity contribution in [1.82, 2.24) is 0 Å². The van der Waals surface area contributed by atoms with Crippen molar-refractivity contribution >= 4 is 23.0 Å². The highest BCUT2D eigenvalue weighted by molar-refractivity contribution is 6.30. The Morgan fingerprint density at radius 1 is 1.19 bits per heavy atom. The maximum atomic E-state index is 5.95. The van der Waals surface area contributed by atoms with Crippen LogP contribution in [0.4, 0.5) is 11.4 Å². The summed E-state index contributed by atoms with van der Waals surface area (Å²) >= 11 is 5.95. The molecule has 110 valence electrons. The summed E-state index contributed by atoms with van der Waals surface area (Å²) in [5.41, 5.74) is 9.32. The van der Waals surface area contributed by atoms with Gasteiger partial charge in [-0.15, -0.1) is 0 Å². The first-order valence-electron chi connectivity index (χ1n) is 7.24. The molecular formula is C17H19ClN2O. The molecule has 0 unspecified atom stereocenters. The molecule has 0 aromatic heterocycles. The first kappa shape index (κ1) is 14.1. The van der Waals surface area contributed by atoms with E-state index in [2.05, 4.69) is 17.0 Å². The van der Waals surface area contributed by atoms with Crippen LogP contribution >= 0.6 is 11.6 Å². The molecule has 0 spiro atoms. The normalized spacial score (nSPS) is 13.9. The van der Waals surface area contributed by atoms with E-state index in [9.17, 15) is 0 Å². The summed E-state index contributed by atoms with van der Waals surface area (Å²) in [6.45, 7) is 2.57. The third kappa shape index (κ3) is 3.42. The van der Waals surface area contributed by atoms with Crippen LogP contribution in [0, 0.1) is 0 Å². The van der Waals surface area contributed by atoms with Gasteiger partial charge in [0.2, 0.25) is 0 Å².